The fourth-order valence-electron chi connectivity index (χ4n) is 0. The molecule has 3 N–H and O–H groups in total. The van der Waals surface area contributed by atoms with E-state index in [1.807, 2.05) is 0 Å². The highest BCUT2D eigenvalue weighted by molar-refractivity contribution is 6.19. The van der Waals surface area contributed by atoms with Crippen molar-refractivity contribution in [2.24, 2.45) is 0 Å². The van der Waals surface area contributed by atoms with Crippen molar-refractivity contribution in [3.8, 4) is 0 Å². The maximum Gasteiger partial charge on any atom is 0.368 e. The largest absolute Gasteiger partial charge is 0.476 e. The van der Waals surface area contributed by atoms with Crippen LogP contribution in [0.5, 0.6) is 0 Å². The molecule has 0 aromatic heterocycles. The van der Waals surface area contributed by atoms with Crippen LogP contribution in [0.4, 0.5) is 0 Å². The number of carboxylic acids is 1. The van der Waals surface area contributed by atoms with E-state index in [2.05, 4.69) is 0 Å². The first-order valence-electron chi connectivity index (χ1n) is 0.952. The van der Waals surface area contributed by atoms with Crippen LogP contribution < -0.4 is 0 Å². The van der Waals surface area contributed by atoms with Crippen LogP contribution in [0, 0.1) is 0 Å². The zero-order valence-corrected chi connectivity index (χ0v) is 2.84. The summed E-state index contributed by atoms with van der Waals surface area (Å²) < 4.78 is 0. The summed E-state index contributed by atoms with van der Waals surface area (Å²) in [6.07, 6.45) is -0.167. The second-order valence-corrected chi connectivity index (χ2v) is 0.456. The average molecular weight is 106 g/mol. The van der Waals surface area contributed by atoms with Gasteiger partial charge in [-0.1, -0.05) is 0 Å². The minimum absolute atomic E-state index is 0. The first-order chi connectivity index (χ1) is 2.27. The zero-order valence-electron chi connectivity index (χ0n) is 2.84. The van der Waals surface area contributed by atoms with E-state index < -0.39 is 5.97 Å². The van der Waals surface area contributed by atoms with Gasteiger partial charge >= 0.3 is 5.97 Å². The predicted molar refractivity (Wildman–Crippen MR) is 27.3 cm³/mol. The molecule has 0 aliphatic rings. The SMILES string of the molecule is B.O.O=CC(=O)O. The Labute approximate surface area is 42.0 Å². The molecule has 0 fully saturated rings. The summed E-state index contributed by atoms with van der Waals surface area (Å²) in [5, 5.41) is 7.35. The molecule has 0 heterocycles. The molecule has 0 aromatic carbocycles. The molecule has 0 saturated carbocycles. The van der Waals surface area contributed by atoms with Crippen molar-refractivity contribution >= 4 is 20.7 Å². The molecule has 0 bridgehead atoms. The van der Waals surface area contributed by atoms with Gasteiger partial charge in [-0.05, 0) is 0 Å². The van der Waals surface area contributed by atoms with Gasteiger partial charge in [-0.3, -0.25) is 4.79 Å². The Balaban J connectivity index is -0.0000000800. The molecule has 5 heteroatoms. The van der Waals surface area contributed by atoms with Crippen molar-refractivity contribution in [2.75, 3.05) is 0 Å². The topological polar surface area (TPSA) is 85.9 Å². The summed E-state index contributed by atoms with van der Waals surface area (Å²) in [7, 11) is 0. The standard InChI is InChI=1S/C2H2O3.BH3.H2O/c3-1-2(4)5;;/h1H,(H,4,5);1H3;1H2. The lowest BCUT2D eigenvalue weighted by Gasteiger charge is -1.59. The van der Waals surface area contributed by atoms with Crippen molar-refractivity contribution in [1.29, 1.82) is 0 Å². The number of carboxylic acid groups (broad SMARTS) is 1. The molecule has 0 saturated heterocycles. The molecule has 0 atom stereocenters. The van der Waals surface area contributed by atoms with E-state index in [1.54, 1.807) is 0 Å². The van der Waals surface area contributed by atoms with E-state index in [0.29, 0.717) is 0 Å². The predicted octanol–water partition coefficient (Wildman–Crippen LogP) is -2.74. The number of aliphatic carboxylic acids is 1. The normalized spacial score (nSPS) is 4.57. The fourth-order valence-corrected chi connectivity index (χ4v) is 0. The van der Waals surface area contributed by atoms with Crippen LogP contribution in [0.15, 0.2) is 0 Å². The van der Waals surface area contributed by atoms with E-state index in [-0.39, 0.29) is 20.2 Å². The molecule has 0 aliphatic heterocycles. The van der Waals surface area contributed by atoms with Gasteiger partial charge in [0.1, 0.15) is 0 Å². The minimum atomic E-state index is -1.43. The van der Waals surface area contributed by atoms with Gasteiger partial charge in [0, 0.05) is 0 Å². The smallest absolute Gasteiger partial charge is 0.368 e. The van der Waals surface area contributed by atoms with Gasteiger partial charge in [-0.25, -0.2) is 4.79 Å². The molecule has 42 valence electrons. The third-order valence-corrected chi connectivity index (χ3v) is 0.101. The van der Waals surface area contributed by atoms with Gasteiger partial charge < -0.3 is 10.6 Å². The second kappa shape index (κ2) is 8.94. The lowest BCUT2D eigenvalue weighted by atomic mass is 10.8. The molecule has 0 spiro atoms. The van der Waals surface area contributed by atoms with Crippen LogP contribution in [0.1, 0.15) is 0 Å². The summed E-state index contributed by atoms with van der Waals surface area (Å²) in [6, 6.07) is 0. The van der Waals surface area contributed by atoms with E-state index in [1.165, 1.54) is 0 Å². The van der Waals surface area contributed by atoms with Crippen molar-refractivity contribution < 1.29 is 20.2 Å². The molecule has 0 unspecified atom stereocenters. The number of carbonyl (C=O) groups is 2. The lowest BCUT2D eigenvalue weighted by Crippen LogP contribution is -1.91. The third-order valence-electron chi connectivity index (χ3n) is 0.101. The van der Waals surface area contributed by atoms with Crippen LogP contribution in [0.3, 0.4) is 0 Å². The Morgan fingerprint density at radius 1 is 1.57 bits per heavy atom. The highest BCUT2D eigenvalue weighted by atomic mass is 16.4. The summed E-state index contributed by atoms with van der Waals surface area (Å²) in [5.74, 6) is -1.43. The number of hydrogen-bond donors (Lipinski definition) is 1. The summed E-state index contributed by atoms with van der Waals surface area (Å²) in [4.78, 5) is 17.9. The Hall–Kier alpha value is -0.835. The Morgan fingerprint density at radius 3 is 1.71 bits per heavy atom. The summed E-state index contributed by atoms with van der Waals surface area (Å²) >= 11 is 0. The second-order valence-electron chi connectivity index (χ2n) is 0.456. The fraction of sp³-hybridized carbons (Fsp3) is 0. The van der Waals surface area contributed by atoms with Gasteiger partial charge in [-0.2, -0.15) is 0 Å². The molecular formula is C2H7BO4. The van der Waals surface area contributed by atoms with Gasteiger partial charge in [0.15, 0.2) is 0 Å². The van der Waals surface area contributed by atoms with Crippen LogP contribution >= 0.6 is 0 Å². The molecule has 0 aliphatic carbocycles. The Bertz CT molecular complexity index is 60.7. The zero-order chi connectivity index (χ0) is 4.28. The quantitative estimate of drug-likeness (QED) is 0.223. The molecule has 4 nitrogen and oxygen atoms in total. The lowest BCUT2D eigenvalue weighted by molar-refractivity contribution is -0.143. The first kappa shape index (κ1) is 16.4. The molecular weight excluding hydrogens is 98.8 g/mol. The Kier molecular flexibility index (Phi) is 21.0. The maximum absolute atomic E-state index is 9.00. The van der Waals surface area contributed by atoms with E-state index >= 15 is 0 Å². The highest BCUT2D eigenvalue weighted by Gasteiger charge is 1.80. The molecule has 0 amide bonds. The Morgan fingerprint density at radius 2 is 1.71 bits per heavy atom. The number of carbonyl (C=O) groups excluding carboxylic acids is 1. The van der Waals surface area contributed by atoms with Gasteiger partial charge in [0.05, 0.1) is 8.41 Å². The van der Waals surface area contributed by atoms with Crippen LogP contribution in [0.2, 0.25) is 0 Å². The van der Waals surface area contributed by atoms with Crippen LogP contribution in [0.25, 0.3) is 0 Å². The van der Waals surface area contributed by atoms with Crippen molar-refractivity contribution in [3.63, 3.8) is 0 Å². The van der Waals surface area contributed by atoms with Crippen LogP contribution in [-0.2, 0) is 9.59 Å². The minimum Gasteiger partial charge on any atom is -0.476 e. The third kappa shape index (κ3) is 38.1. The molecule has 0 radical (unpaired) electrons. The van der Waals surface area contributed by atoms with Crippen LogP contribution in [-0.4, -0.2) is 31.3 Å². The molecule has 0 aromatic rings. The monoisotopic (exact) mass is 106 g/mol. The number of hydrogen-bond acceptors (Lipinski definition) is 2. The van der Waals surface area contributed by atoms with E-state index in [0.717, 1.165) is 0 Å². The summed E-state index contributed by atoms with van der Waals surface area (Å²) in [5.41, 5.74) is 0. The van der Waals surface area contributed by atoms with Crippen molar-refractivity contribution in [3.05, 3.63) is 0 Å². The van der Waals surface area contributed by atoms with Crippen molar-refractivity contribution in [2.45, 2.75) is 0 Å². The van der Waals surface area contributed by atoms with Gasteiger partial charge in [-0.15, -0.1) is 0 Å². The average Bonchev–Trinajstić information content (AvgIpc) is 1.38. The van der Waals surface area contributed by atoms with Gasteiger partial charge in [0.2, 0.25) is 6.29 Å². The van der Waals surface area contributed by atoms with Crippen molar-refractivity contribution in [1.82, 2.24) is 0 Å². The number of rotatable bonds is 1. The highest BCUT2D eigenvalue weighted by Crippen LogP contribution is 1.39. The number of aldehydes is 1. The van der Waals surface area contributed by atoms with E-state index in [9.17, 15) is 0 Å². The van der Waals surface area contributed by atoms with Gasteiger partial charge in [0.25, 0.3) is 0 Å². The maximum atomic E-state index is 9.00. The summed E-state index contributed by atoms with van der Waals surface area (Å²) in [6.45, 7) is 0. The molecule has 0 rings (SSSR count). The first-order valence-corrected chi connectivity index (χ1v) is 0.952. The van der Waals surface area contributed by atoms with E-state index in [4.69, 9.17) is 14.7 Å². The molecule has 7 heavy (non-hydrogen) atoms.